The Morgan fingerprint density at radius 1 is 1.47 bits per heavy atom. The molecular weight excluding hydrogens is 243 g/mol. The van der Waals surface area contributed by atoms with Crippen LogP contribution in [0.15, 0.2) is 18.2 Å². The third kappa shape index (κ3) is 3.17. The van der Waals surface area contributed by atoms with Crippen LogP contribution in [-0.4, -0.2) is 29.9 Å². The maximum absolute atomic E-state index is 13.2. The van der Waals surface area contributed by atoms with E-state index in [4.69, 9.17) is 5.73 Å². The Morgan fingerprint density at radius 3 is 2.71 bits per heavy atom. The van der Waals surface area contributed by atoms with Crippen molar-refractivity contribution in [3.8, 4) is 0 Å². The summed E-state index contributed by atoms with van der Waals surface area (Å²) in [4.78, 5) is 13.7. The van der Waals surface area contributed by atoms with Gasteiger partial charge in [-0.05, 0) is 37.1 Å². The maximum Gasteiger partial charge on any atom is 0.254 e. The predicted octanol–water partition coefficient (Wildman–Crippen LogP) is 1.73. The Labute approximate surface area is 106 Å². The van der Waals surface area contributed by atoms with E-state index >= 15 is 0 Å². The minimum Gasteiger partial charge on any atom is -0.337 e. The summed E-state index contributed by atoms with van der Waals surface area (Å²) in [5.74, 6) is -0.498. The molecule has 0 unspecified atom stereocenters. The van der Waals surface area contributed by atoms with Crippen LogP contribution in [0.3, 0.4) is 0 Å². The van der Waals surface area contributed by atoms with Crippen molar-refractivity contribution in [1.29, 1.82) is 0 Å². The quantitative estimate of drug-likeness (QED) is 0.834. The lowest BCUT2D eigenvalue weighted by molar-refractivity contribution is 0.0790. The van der Waals surface area contributed by atoms with Crippen LogP contribution in [0.1, 0.15) is 22.3 Å². The minimum absolute atomic E-state index is 0. The Morgan fingerprint density at radius 2 is 2.18 bits per heavy atom. The highest BCUT2D eigenvalue weighted by molar-refractivity contribution is 5.94. The molecule has 1 aromatic carbocycles. The van der Waals surface area contributed by atoms with Gasteiger partial charge in [0.25, 0.3) is 5.91 Å². The fourth-order valence-electron chi connectivity index (χ4n) is 2.01. The summed E-state index contributed by atoms with van der Waals surface area (Å²) < 4.78 is 13.2. The van der Waals surface area contributed by atoms with Crippen molar-refractivity contribution in [3.63, 3.8) is 0 Å². The summed E-state index contributed by atoms with van der Waals surface area (Å²) in [6.45, 7) is 3.00. The molecule has 1 heterocycles. The maximum atomic E-state index is 13.2. The Balaban J connectivity index is 0.00000144. The van der Waals surface area contributed by atoms with E-state index in [1.807, 2.05) is 0 Å². The van der Waals surface area contributed by atoms with E-state index in [2.05, 4.69) is 0 Å². The summed E-state index contributed by atoms with van der Waals surface area (Å²) >= 11 is 0. The van der Waals surface area contributed by atoms with Gasteiger partial charge in [0, 0.05) is 24.7 Å². The summed E-state index contributed by atoms with van der Waals surface area (Å²) in [5, 5.41) is 0. The van der Waals surface area contributed by atoms with Crippen LogP contribution in [0.25, 0.3) is 0 Å². The van der Waals surface area contributed by atoms with E-state index in [1.165, 1.54) is 12.1 Å². The molecule has 1 aromatic rings. The van der Waals surface area contributed by atoms with Gasteiger partial charge in [0.15, 0.2) is 0 Å². The van der Waals surface area contributed by atoms with Crippen molar-refractivity contribution >= 4 is 18.3 Å². The lowest BCUT2D eigenvalue weighted by Crippen LogP contribution is -2.31. The van der Waals surface area contributed by atoms with Crippen molar-refractivity contribution in [2.24, 2.45) is 5.73 Å². The molecule has 1 fully saturated rings. The van der Waals surface area contributed by atoms with Crippen molar-refractivity contribution in [2.45, 2.75) is 19.4 Å². The molecule has 2 rings (SSSR count). The molecule has 1 aliphatic heterocycles. The molecule has 1 amide bonds. The van der Waals surface area contributed by atoms with Crippen molar-refractivity contribution in [3.05, 3.63) is 35.1 Å². The molecule has 0 radical (unpaired) electrons. The average Bonchev–Trinajstić information content (AvgIpc) is 2.62. The van der Waals surface area contributed by atoms with Crippen molar-refractivity contribution < 1.29 is 9.18 Å². The van der Waals surface area contributed by atoms with E-state index in [-0.39, 0.29) is 30.2 Å². The first-order valence-corrected chi connectivity index (χ1v) is 5.38. The molecule has 1 saturated heterocycles. The zero-order valence-electron chi connectivity index (χ0n) is 9.65. The number of nitrogens with zero attached hydrogens (tertiary/aromatic N) is 1. The van der Waals surface area contributed by atoms with Gasteiger partial charge in [-0.3, -0.25) is 4.79 Å². The highest BCUT2D eigenvalue weighted by Gasteiger charge is 2.24. The largest absolute Gasteiger partial charge is 0.337 e. The Kier molecular flexibility index (Phi) is 4.48. The van der Waals surface area contributed by atoms with E-state index in [1.54, 1.807) is 17.9 Å². The highest BCUT2D eigenvalue weighted by atomic mass is 35.5. The predicted molar refractivity (Wildman–Crippen MR) is 66.9 cm³/mol. The summed E-state index contributed by atoms with van der Waals surface area (Å²) in [6, 6.07) is 4.44. The zero-order chi connectivity index (χ0) is 11.7. The number of hydrogen-bond acceptors (Lipinski definition) is 2. The molecule has 17 heavy (non-hydrogen) atoms. The number of aryl methyl sites for hydroxylation is 1. The Hall–Kier alpha value is -1.13. The van der Waals surface area contributed by atoms with E-state index in [9.17, 15) is 9.18 Å². The highest BCUT2D eigenvalue weighted by Crippen LogP contribution is 2.15. The van der Waals surface area contributed by atoms with Gasteiger partial charge in [0.05, 0.1) is 0 Å². The molecule has 1 aliphatic rings. The second-order valence-electron chi connectivity index (χ2n) is 4.32. The normalized spacial score (nSPS) is 19.0. The molecule has 2 N–H and O–H groups in total. The van der Waals surface area contributed by atoms with E-state index in [0.717, 1.165) is 12.0 Å². The number of nitrogens with two attached hydrogens (primary N) is 1. The van der Waals surface area contributed by atoms with E-state index in [0.29, 0.717) is 18.7 Å². The molecule has 0 aliphatic carbocycles. The van der Waals surface area contributed by atoms with Gasteiger partial charge in [-0.1, -0.05) is 0 Å². The number of benzene rings is 1. The molecule has 94 valence electrons. The van der Waals surface area contributed by atoms with Gasteiger partial charge < -0.3 is 10.6 Å². The SMILES string of the molecule is Cc1cc(F)cc(C(=O)N2CC[C@H](N)C2)c1.Cl. The van der Waals surface area contributed by atoms with Gasteiger partial charge in [0.1, 0.15) is 5.82 Å². The number of likely N-dealkylation sites (tertiary alicyclic amines) is 1. The first-order chi connectivity index (χ1) is 7.56. The molecule has 0 aromatic heterocycles. The molecule has 3 nitrogen and oxygen atoms in total. The molecule has 0 saturated carbocycles. The number of hydrogen-bond donors (Lipinski definition) is 1. The first-order valence-electron chi connectivity index (χ1n) is 5.38. The second-order valence-corrected chi connectivity index (χ2v) is 4.32. The summed E-state index contributed by atoms with van der Waals surface area (Å²) in [6.07, 6.45) is 0.819. The monoisotopic (exact) mass is 258 g/mol. The van der Waals surface area contributed by atoms with Gasteiger partial charge in [-0.25, -0.2) is 4.39 Å². The number of carbonyl (C=O) groups is 1. The summed E-state index contributed by atoms with van der Waals surface area (Å²) in [5.41, 5.74) is 6.90. The molecule has 0 spiro atoms. The third-order valence-corrected chi connectivity index (χ3v) is 2.80. The fraction of sp³-hybridized carbons (Fsp3) is 0.417. The van der Waals surface area contributed by atoms with Crippen LogP contribution >= 0.6 is 12.4 Å². The van der Waals surface area contributed by atoms with Gasteiger partial charge >= 0.3 is 0 Å². The van der Waals surface area contributed by atoms with Crippen LogP contribution in [0.2, 0.25) is 0 Å². The number of amides is 1. The van der Waals surface area contributed by atoms with Gasteiger partial charge in [0.2, 0.25) is 0 Å². The Bertz CT molecular complexity index is 405. The minimum atomic E-state index is -0.369. The third-order valence-electron chi connectivity index (χ3n) is 2.80. The van der Waals surface area contributed by atoms with Crippen LogP contribution in [-0.2, 0) is 0 Å². The smallest absolute Gasteiger partial charge is 0.254 e. The molecular formula is C12H16ClFN2O. The van der Waals surface area contributed by atoms with E-state index < -0.39 is 0 Å². The second kappa shape index (κ2) is 5.47. The molecule has 0 bridgehead atoms. The lowest BCUT2D eigenvalue weighted by atomic mass is 10.1. The van der Waals surface area contributed by atoms with Crippen LogP contribution < -0.4 is 5.73 Å². The number of carbonyl (C=O) groups excluding carboxylic acids is 1. The topological polar surface area (TPSA) is 46.3 Å². The standard InChI is InChI=1S/C12H15FN2O.ClH/c1-8-4-9(6-10(13)5-8)12(16)15-3-2-11(14)7-15;/h4-6,11H,2-3,7,14H2,1H3;1H/t11-;/m0./s1. The van der Waals surface area contributed by atoms with Crippen molar-refractivity contribution in [2.75, 3.05) is 13.1 Å². The van der Waals surface area contributed by atoms with Crippen LogP contribution in [0.4, 0.5) is 4.39 Å². The molecule has 5 heteroatoms. The average molecular weight is 259 g/mol. The van der Waals surface area contributed by atoms with Gasteiger partial charge in [-0.15, -0.1) is 12.4 Å². The number of halogens is 2. The van der Waals surface area contributed by atoms with Gasteiger partial charge in [-0.2, -0.15) is 0 Å². The van der Waals surface area contributed by atoms with Crippen molar-refractivity contribution in [1.82, 2.24) is 4.90 Å². The zero-order valence-corrected chi connectivity index (χ0v) is 10.5. The summed E-state index contributed by atoms with van der Waals surface area (Å²) in [7, 11) is 0. The van der Waals surface area contributed by atoms with Crippen LogP contribution in [0, 0.1) is 12.7 Å². The molecule has 1 atom stereocenters. The first kappa shape index (κ1) is 13.9. The number of rotatable bonds is 1. The fourth-order valence-corrected chi connectivity index (χ4v) is 2.01. The lowest BCUT2D eigenvalue weighted by Gasteiger charge is -2.16. The van der Waals surface area contributed by atoms with Crippen LogP contribution in [0.5, 0.6) is 0 Å².